The topological polar surface area (TPSA) is 0 Å². The van der Waals surface area contributed by atoms with Gasteiger partial charge in [0, 0.05) is 0 Å². The van der Waals surface area contributed by atoms with Crippen molar-refractivity contribution in [3.05, 3.63) is 38.0 Å². The number of rotatable bonds is 7. The van der Waals surface area contributed by atoms with Gasteiger partial charge >= 0.3 is 0 Å². The minimum absolute atomic E-state index is 1.08. The van der Waals surface area contributed by atoms with E-state index in [4.69, 9.17) is 0 Å². The average molecular weight is 224 g/mol. The van der Waals surface area contributed by atoms with Crippen LogP contribution in [-0.2, 0) is 0 Å². The van der Waals surface area contributed by atoms with Crippen LogP contribution in [0.2, 0.25) is 0 Å². The summed E-state index contributed by atoms with van der Waals surface area (Å²) in [4.78, 5) is 0. The molecule has 0 aromatic carbocycles. The summed E-state index contributed by atoms with van der Waals surface area (Å²) in [5, 5.41) is 0. The van der Waals surface area contributed by atoms with E-state index in [0.29, 0.717) is 0 Å². The molecular weight excluding hydrogens is 192 g/mol. The fourth-order valence-electron chi connectivity index (χ4n) is 0.697. The molecule has 0 saturated heterocycles. The molecule has 0 spiro atoms. The fourth-order valence-corrected chi connectivity index (χ4v) is 0.697. The van der Waals surface area contributed by atoms with Crippen LogP contribution in [-0.4, -0.2) is 0 Å². The minimum Gasteiger partial charge on any atom is -0.103 e. The molecule has 0 atom stereocenters. The lowest BCUT2D eigenvalue weighted by Gasteiger charge is -1.81. The van der Waals surface area contributed by atoms with E-state index in [0.717, 1.165) is 6.42 Å². The second kappa shape index (κ2) is 29.2. The molecule has 16 heavy (non-hydrogen) atoms. The van der Waals surface area contributed by atoms with Gasteiger partial charge in [0.2, 0.25) is 0 Å². The van der Waals surface area contributed by atoms with Crippen LogP contribution < -0.4 is 0 Å². The Morgan fingerprint density at radius 2 is 1.00 bits per heavy atom. The van der Waals surface area contributed by atoms with Crippen molar-refractivity contribution in [1.29, 1.82) is 0 Å². The lowest BCUT2D eigenvalue weighted by atomic mass is 10.3. The molecule has 0 amide bonds. The zero-order valence-corrected chi connectivity index (χ0v) is 11.8. The van der Waals surface area contributed by atoms with E-state index in [1.807, 2.05) is 18.2 Å². The maximum absolute atomic E-state index is 3.60. The van der Waals surface area contributed by atoms with E-state index in [1.165, 1.54) is 38.5 Å². The van der Waals surface area contributed by atoms with Crippen molar-refractivity contribution < 1.29 is 0 Å². The van der Waals surface area contributed by atoms with Crippen LogP contribution in [0, 0.1) is 0 Å². The summed E-state index contributed by atoms with van der Waals surface area (Å²) in [6.45, 7) is 17.1. The first-order valence-electron chi connectivity index (χ1n) is 6.57. The van der Waals surface area contributed by atoms with Gasteiger partial charge in [-0.25, -0.2) is 0 Å². The zero-order chi connectivity index (χ0) is 13.1. The largest absolute Gasteiger partial charge is 0.103 e. The van der Waals surface area contributed by atoms with E-state index in [1.54, 1.807) is 0 Å². The molecule has 96 valence electrons. The van der Waals surface area contributed by atoms with Crippen molar-refractivity contribution >= 4 is 0 Å². The Morgan fingerprint density at radius 1 is 0.688 bits per heavy atom. The van der Waals surface area contributed by atoms with Gasteiger partial charge in [0.25, 0.3) is 0 Å². The Bertz CT molecular complexity index is 110. The molecule has 0 saturated carbocycles. The molecule has 0 aliphatic heterocycles. The van der Waals surface area contributed by atoms with Gasteiger partial charge < -0.3 is 0 Å². The molecular formula is C16H32. The average Bonchev–Trinajstić information content (AvgIpc) is 2.34. The van der Waals surface area contributed by atoms with Crippen LogP contribution in [0.5, 0.6) is 0 Å². The Hall–Kier alpha value is -0.780. The lowest BCUT2D eigenvalue weighted by molar-refractivity contribution is 0.816. The van der Waals surface area contributed by atoms with E-state index in [2.05, 4.69) is 40.5 Å². The third kappa shape index (κ3) is 51.0. The monoisotopic (exact) mass is 224 g/mol. The molecule has 0 N–H and O–H groups in total. The minimum atomic E-state index is 1.08. The van der Waals surface area contributed by atoms with Gasteiger partial charge in [-0.2, -0.15) is 0 Å². The SMILES string of the molecule is C=CCC.C=CCCCC.C=CCCCC. The van der Waals surface area contributed by atoms with Crippen molar-refractivity contribution in [2.75, 3.05) is 0 Å². The molecule has 0 rings (SSSR count). The highest BCUT2D eigenvalue weighted by Gasteiger charge is 1.71. The molecule has 0 fully saturated rings. The molecule has 0 aliphatic rings. The molecule has 0 radical (unpaired) electrons. The summed E-state index contributed by atoms with van der Waals surface area (Å²) in [5.74, 6) is 0. The molecule has 0 aliphatic carbocycles. The lowest BCUT2D eigenvalue weighted by Crippen LogP contribution is -1.61. The quantitative estimate of drug-likeness (QED) is 0.351. The predicted octanol–water partition coefficient (Wildman–Crippen LogP) is 6.31. The van der Waals surface area contributed by atoms with Crippen LogP contribution in [0.15, 0.2) is 38.0 Å². The van der Waals surface area contributed by atoms with Gasteiger partial charge in [0.15, 0.2) is 0 Å². The summed E-state index contributed by atoms with van der Waals surface area (Å²) >= 11 is 0. The Labute approximate surface area is 104 Å². The zero-order valence-electron chi connectivity index (χ0n) is 11.8. The maximum atomic E-state index is 3.60. The van der Waals surface area contributed by atoms with Crippen molar-refractivity contribution in [3.63, 3.8) is 0 Å². The first kappa shape index (κ1) is 20.6. The van der Waals surface area contributed by atoms with E-state index >= 15 is 0 Å². The normalized spacial score (nSPS) is 7.69. The summed E-state index contributed by atoms with van der Waals surface area (Å²) in [7, 11) is 0. The van der Waals surface area contributed by atoms with Gasteiger partial charge in [0.1, 0.15) is 0 Å². The van der Waals surface area contributed by atoms with Gasteiger partial charge in [-0.1, -0.05) is 64.7 Å². The Kier molecular flexibility index (Phi) is 37.7. The summed E-state index contributed by atoms with van der Waals surface area (Å²) < 4.78 is 0. The van der Waals surface area contributed by atoms with Gasteiger partial charge in [-0.15, -0.1) is 19.7 Å². The molecule has 0 bridgehead atoms. The summed E-state index contributed by atoms with van der Waals surface area (Å²) in [6, 6.07) is 0. The second-order valence-corrected chi connectivity index (χ2v) is 3.56. The highest BCUT2D eigenvalue weighted by molar-refractivity contribution is 4.64. The standard InChI is InChI=1S/2C6H12.C4H8/c2*1-3-5-6-4-2;1-3-4-2/h2*3H,1,4-6H2,2H3;3H,1,4H2,2H3. The smallest absolute Gasteiger partial charge is 0.0354 e. The van der Waals surface area contributed by atoms with E-state index in [9.17, 15) is 0 Å². The number of hydrogen-bond acceptors (Lipinski definition) is 0. The fraction of sp³-hybridized carbons (Fsp3) is 0.625. The van der Waals surface area contributed by atoms with Crippen LogP contribution in [0.1, 0.15) is 65.7 Å². The Morgan fingerprint density at radius 3 is 1.06 bits per heavy atom. The second-order valence-electron chi connectivity index (χ2n) is 3.56. The van der Waals surface area contributed by atoms with Crippen molar-refractivity contribution in [1.82, 2.24) is 0 Å². The number of allylic oxidation sites excluding steroid dienone is 3. The first-order valence-corrected chi connectivity index (χ1v) is 6.57. The molecule has 0 heterocycles. The van der Waals surface area contributed by atoms with Crippen LogP contribution in [0.3, 0.4) is 0 Å². The van der Waals surface area contributed by atoms with Gasteiger partial charge in [-0.3, -0.25) is 0 Å². The molecule has 0 heteroatoms. The highest BCUT2D eigenvalue weighted by Crippen LogP contribution is 1.91. The summed E-state index contributed by atoms with van der Waals surface area (Å²) in [5.41, 5.74) is 0. The van der Waals surface area contributed by atoms with Crippen LogP contribution >= 0.6 is 0 Å². The first-order chi connectivity index (χ1) is 7.74. The van der Waals surface area contributed by atoms with Crippen molar-refractivity contribution in [3.8, 4) is 0 Å². The van der Waals surface area contributed by atoms with Crippen LogP contribution in [0.25, 0.3) is 0 Å². The van der Waals surface area contributed by atoms with Crippen LogP contribution in [0.4, 0.5) is 0 Å². The number of unbranched alkanes of at least 4 members (excludes halogenated alkanes) is 4. The molecule has 0 nitrogen and oxygen atoms in total. The van der Waals surface area contributed by atoms with Gasteiger partial charge in [-0.05, 0) is 19.3 Å². The van der Waals surface area contributed by atoms with E-state index < -0.39 is 0 Å². The van der Waals surface area contributed by atoms with E-state index in [-0.39, 0.29) is 0 Å². The third-order valence-corrected chi connectivity index (χ3v) is 1.81. The molecule has 0 aromatic rings. The maximum Gasteiger partial charge on any atom is -0.0354 e. The third-order valence-electron chi connectivity index (χ3n) is 1.81. The predicted molar refractivity (Wildman–Crippen MR) is 79.9 cm³/mol. The Balaban J connectivity index is -0.000000162. The summed E-state index contributed by atoms with van der Waals surface area (Å²) in [6.07, 6.45) is 14.4. The number of hydrogen-bond donors (Lipinski definition) is 0. The van der Waals surface area contributed by atoms with Gasteiger partial charge in [0.05, 0.1) is 0 Å². The highest BCUT2D eigenvalue weighted by atomic mass is 13.8. The molecule has 0 aromatic heterocycles. The molecule has 0 unspecified atom stereocenters. The van der Waals surface area contributed by atoms with Crippen molar-refractivity contribution in [2.45, 2.75) is 65.7 Å². The van der Waals surface area contributed by atoms with Crippen molar-refractivity contribution in [2.24, 2.45) is 0 Å².